The van der Waals surface area contributed by atoms with E-state index in [9.17, 15) is 9.59 Å². The molecule has 23 heavy (non-hydrogen) atoms. The van der Waals surface area contributed by atoms with Crippen molar-refractivity contribution in [3.63, 3.8) is 0 Å². The molecule has 0 radical (unpaired) electrons. The van der Waals surface area contributed by atoms with E-state index in [2.05, 4.69) is 27.3 Å². The van der Waals surface area contributed by atoms with Crippen molar-refractivity contribution < 1.29 is 9.59 Å². The van der Waals surface area contributed by atoms with Crippen LogP contribution < -0.4 is 5.32 Å². The highest BCUT2D eigenvalue weighted by Crippen LogP contribution is 2.24. The first-order chi connectivity index (χ1) is 11.0. The van der Waals surface area contributed by atoms with Gasteiger partial charge in [-0.25, -0.2) is 0 Å². The molecule has 0 atom stereocenters. The van der Waals surface area contributed by atoms with Gasteiger partial charge in [-0.05, 0) is 58.1 Å². The van der Waals surface area contributed by atoms with E-state index in [1.807, 2.05) is 37.3 Å². The largest absolute Gasteiger partial charge is 0.330 e. The van der Waals surface area contributed by atoms with E-state index in [4.69, 9.17) is 0 Å². The number of hydrogen-bond donors (Lipinski definition) is 1. The Balaban J connectivity index is 1.70. The highest BCUT2D eigenvalue weighted by Gasteiger charge is 2.25. The van der Waals surface area contributed by atoms with Crippen LogP contribution in [0.4, 0.5) is 5.69 Å². The Bertz CT molecular complexity index is 773. The Morgan fingerprint density at radius 1 is 1.13 bits per heavy atom. The summed E-state index contributed by atoms with van der Waals surface area (Å²) in [6.45, 7) is 3.02. The molecule has 4 nitrogen and oxygen atoms in total. The van der Waals surface area contributed by atoms with Crippen molar-refractivity contribution in [3.8, 4) is 0 Å². The highest BCUT2D eigenvalue weighted by atomic mass is 79.9. The topological polar surface area (TPSA) is 49.4 Å². The standard InChI is InChI=1S/C18H17BrN2O2/c1-12-6-7-16(15(19)10-12)20-17(22)18(23)21-9-8-13-4-2-3-5-14(13)11-21/h2-7,10H,8-9,11H2,1H3,(H,20,22). The second kappa shape index (κ2) is 6.54. The van der Waals surface area contributed by atoms with Crippen LogP contribution in [-0.2, 0) is 22.6 Å². The number of carbonyl (C=O) groups is 2. The third-order valence-electron chi connectivity index (χ3n) is 3.98. The maximum absolute atomic E-state index is 12.4. The second-order valence-corrected chi connectivity index (χ2v) is 6.54. The maximum atomic E-state index is 12.4. The number of rotatable bonds is 1. The van der Waals surface area contributed by atoms with Crippen LogP contribution in [0, 0.1) is 6.92 Å². The highest BCUT2D eigenvalue weighted by molar-refractivity contribution is 9.10. The molecule has 0 aliphatic carbocycles. The molecule has 2 amide bonds. The Hall–Kier alpha value is -2.14. The van der Waals surface area contributed by atoms with Crippen LogP contribution in [-0.4, -0.2) is 23.3 Å². The molecule has 1 N–H and O–H groups in total. The Morgan fingerprint density at radius 3 is 2.61 bits per heavy atom. The first-order valence-corrected chi connectivity index (χ1v) is 8.27. The molecule has 0 saturated carbocycles. The summed E-state index contributed by atoms with van der Waals surface area (Å²) in [5.74, 6) is -1.10. The van der Waals surface area contributed by atoms with Crippen LogP contribution in [0.5, 0.6) is 0 Å². The van der Waals surface area contributed by atoms with Crippen molar-refractivity contribution in [1.29, 1.82) is 0 Å². The molecule has 2 aromatic carbocycles. The number of aryl methyl sites for hydroxylation is 1. The summed E-state index contributed by atoms with van der Waals surface area (Å²) in [5, 5.41) is 2.68. The van der Waals surface area contributed by atoms with Gasteiger partial charge in [0.15, 0.2) is 0 Å². The molecular formula is C18H17BrN2O2. The molecule has 1 aliphatic rings. The lowest BCUT2D eigenvalue weighted by molar-refractivity contribution is -0.143. The Labute approximate surface area is 143 Å². The van der Waals surface area contributed by atoms with Gasteiger partial charge in [-0.2, -0.15) is 0 Å². The third-order valence-corrected chi connectivity index (χ3v) is 4.64. The summed E-state index contributed by atoms with van der Waals surface area (Å²) < 4.78 is 0.766. The van der Waals surface area contributed by atoms with Crippen molar-refractivity contribution in [3.05, 3.63) is 63.6 Å². The first-order valence-electron chi connectivity index (χ1n) is 7.48. The normalized spacial score (nSPS) is 13.4. The van der Waals surface area contributed by atoms with Crippen molar-refractivity contribution in [2.24, 2.45) is 0 Å². The molecule has 0 bridgehead atoms. The summed E-state index contributed by atoms with van der Waals surface area (Å²) in [4.78, 5) is 26.2. The fraction of sp³-hybridized carbons (Fsp3) is 0.222. The van der Waals surface area contributed by atoms with Crippen LogP contribution in [0.15, 0.2) is 46.9 Å². The zero-order valence-corrected chi connectivity index (χ0v) is 14.4. The number of nitrogens with zero attached hydrogens (tertiary/aromatic N) is 1. The van der Waals surface area contributed by atoms with Gasteiger partial charge in [0.2, 0.25) is 0 Å². The average molecular weight is 373 g/mol. The van der Waals surface area contributed by atoms with Crippen molar-refractivity contribution >= 4 is 33.4 Å². The molecule has 0 fully saturated rings. The molecule has 1 heterocycles. The molecule has 5 heteroatoms. The minimum Gasteiger partial charge on any atom is -0.330 e. The van der Waals surface area contributed by atoms with Gasteiger partial charge >= 0.3 is 11.8 Å². The summed E-state index contributed by atoms with van der Waals surface area (Å²) in [6, 6.07) is 13.6. The molecule has 1 aliphatic heterocycles. The number of anilines is 1. The van der Waals surface area contributed by atoms with Gasteiger partial charge in [0.25, 0.3) is 0 Å². The summed E-state index contributed by atoms with van der Waals surface area (Å²) in [6.07, 6.45) is 0.781. The number of halogens is 1. The monoisotopic (exact) mass is 372 g/mol. The first kappa shape index (κ1) is 15.7. The fourth-order valence-electron chi connectivity index (χ4n) is 2.71. The summed E-state index contributed by atoms with van der Waals surface area (Å²) >= 11 is 3.40. The van der Waals surface area contributed by atoms with Crippen molar-refractivity contribution in [2.75, 3.05) is 11.9 Å². The van der Waals surface area contributed by atoms with Gasteiger partial charge in [0.1, 0.15) is 0 Å². The lowest BCUT2D eigenvalue weighted by Crippen LogP contribution is -2.42. The molecule has 2 aromatic rings. The van der Waals surface area contributed by atoms with Gasteiger partial charge in [-0.15, -0.1) is 0 Å². The number of fused-ring (bicyclic) bond motifs is 1. The van der Waals surface area contributed by atoms with Gasteiger partial charge in [-0.3, -0.25) is 9.59 Å². The van der Waals surface area contributed by atoms with E-state index < -0.39 is 11.8 Å². The van der Waals surface area contributed by atoms with E-state index >= 15 is 0 Å². The van der Waals surface area contributed by atoms with E-state index in [1.54, 1.807) is 11.0 Å². The van der Waals surface area contributed by atoms with E-state index in [-0.39, 0.29) is 0 Å². The Morgan fingerprint density at radius 2 is 1.87 bits per heavy atom. The predicted octanol–water partition coefficient (Wildman–Crippen LogP) is 3.28. The fourth-order valence-corrected chi connectivity index (χ4v) is 3.30. The SMILES string of the molecule is Cc1ccc(NC(=O)C(=O)N2CCc3ccccc3C2)c(Br)c1. The Kier molecular flexibility index (Phi) is 4.48. The van der Waals surface area contributed by atoms with Crippen LogP contribution in [0.2, 0.25) is 0 Å². The zero-order valence-electron chi connectivity index (χ0n) is 12.8. The number of carbonyl (C=O) groups excluding carboxylic acids is 2. The van der Waals surface area contributed by atoms with Gasteiger partial charge in [0, 0.05) is 17.6 Å². The maximum Gasteiger partial charge on any atom is 0.313 e. The summed E-state index contributed by atoms with van der Waals surface area (Å²) in [7, 11) is 0. The van der Waals surface area contributed by atoms with E-state index in [0.717, 1.165) is 22.0 Å². The molecule has 0 aromatic heterocycles. The van der Waals surface area contributed by atoms with Crippen LogP contribution in [0.3, 0.4) is 0 Å². The molecule has 118 valence electrons. The quantitative estimate of drug-likeness (QED) is 0.780. The van der Waals surface area contributed by atoms with Crippen LogP contribution in [0.25, 0.3) is 0 Å². The second-order valence-electron chi connectivity index (χ2n) is 5.68. The number of hydrogen-bond acceptors (Lipinski definition) is 2. The minimum atomic E-state index is -0.603. The molecule has 3 rings (SSSR count). The van der Waals surface area contributed by atoms with Crippen molar-refractivity contribution in [2.45, 2.75) is 19.9 Å². The molecular weight excluding hydrogens is 356 g/mol. The van der Waals surface area contributed by atoms with Crippen LogP contribution in [0.1, 0.15) is 16.7 Å². The molecule has 0 saturated heterocycles. The molecule has 0 unspecified atom stereocenters. The number of nitrogens with one attached hydrogen (secondary N) is 1. The minimum absolute atomic E-state index is 0.484. The van der Waals surface area contributed by atoms with Gasteiger partial charge in [-0.1, -0.05) is 30.3 Å². The number of benzene rings is 2. The predicted molar refractivity (Wildman–Crippen MR) is 93.1 cm³/mol. The summed E-state index contributed by atoms with van der Waals surface area (Å²) in [5.41, 5.74) is 4.04. The van der Waals surface area contributed by atoms with Crippen LogP contribution >= 0.6 is 15.9 Å². The molecule has 0 spiro atoms. The number of amides is 2. The van der Waals surface area contributed by atoms with Gasteiger partial charge in [0.05, 0.1) is 5.69 Å². The third kappa shape index (κ3) is 3.45. The smallest absolute Gasteiger partial charge is 0.313 e. The zero-order chi connectivity index (χ0) is 16.4. The van der Waals surface area contributed by atoms with Crippen molar-refractivity contribution in [1.82, 2.24) is 4.90 Å². The lowest BCUT2D eigenvalue weighted by Gasteiger charge is -2.28. The van der Waals surface area contributed by atoms with E-state index in [0.29, 0.717) is 18.8 Å². The average Bonchev–Trinajstić information content (AvgIpc) is 2.56. The van der Waals surface area contributed by atoms with E-state index in [1.165, 1.54) is 5.56 Å². The lowest BCUT2D eigenvalue weighted by atomic mass is 10.00. The van der Waals surface area contributed by atoms with Gasteiger partial charge < -0.3 is 10.2 Å².